The van der Waals surface area contributed by atoms with Gasteiger partial charge in [0.2, 0.25) is 5.69 Å². The van der Waals surface area contributed by atoms with E-state index in [9.17, 15) is 0 Å². The summed E-state index contributed by atoms with van der Waals surface area (Å²) in [5.74, 6) is 0.955. The second-order valence-electron chi connectivity index (χ2n) is 9.85. The highest BCUT2D eigenvalue weighted by Crippen LogP contribution is 2.41. The molecule has 2 heteroatoms. The minimum Gasteiger partial charge on any atom is -0.195 e. The summed E-state index contributed by atoms with van der Waals surface area (Å²) in [7, 11) is 0. The Morgan fingerprint density at radius 1 is 0.969 bits per heavy atom. The van der Waals surface area contributed by atoms with E-state index in [0.29, 0.717) is 0 Å². The van der Waals surface area contributed by atoms with Gasteiger partial charge in [0.1, 0.15) is 6.54 Å². The number of benzene rings is 2. The molecule has 0 atom stereocenters. The lowest BCUT2D eigenvalue weighted by molar-refractivity contribution is -0.438. The molecule has 0 unspecified atom stereocenters. The van der Waals surface area contributed by atoms with E-state index in [1.807, 2.05) is 0 Å². The van der Waals surface area contributed by atoms with Gasteiger partial charge in [-0.2, -0.15) is 17.2 Å². The van der Waals surface area contributed by atoms with Gasteiger partial charge in [0.05, 0.1) is 5.41 Å². The number of thiol groups is 1. The monoisotopic (exact) mass is 440 g/mol. The molecule has 2 aromatic rings. The lowest BCUT2D eigenvalue weighted by Gasteiger charge is -2.26. The molecule has 0 N–H and O–H groups in total. The van der Waals surface area contributed by atoms with Gasteiger partial charge in [0.15, 0.2) is 5.71 Å². The number of hydrogen-bond acceptors (Lipinski definition) is 1. The van der Waals surface area contributed by atoms with Crippen molar-refractivity contribution in [1.82, 2.24) is 0 Å². The second kappa shape index (κ2) is 8.90. The third-order valence-corrected chi connectivity index (χ3v) is 7.77. The minimum absolute atomic E-state index is 0.0196. The van der Waals surface area contributed by atoms with E-state index in [-0.39, 0.29) is 5.41 Å². The Balaban J connectivity index is 1.53. The first-order valence-corrected chi connectivity index (χ1v) is 12.8. The van der Waals surface area contributed by atoms with Crippen LogP contribution in [0.4, 0.5) is 5.69 Å². The summed E-state index contributed by atoms with van der Waals surface area (Å²) in [4.78, 5) is 0. The molecular formula is C30H34NS+. The maximum absolute atomic E-state index is 4.43. The largest absolute Gasteiger partial charge is 0.209 e. The summed E-state index contributed by atoms with van der Waals surface area (Å²) < 4.78 is 2.57. The second-order valence-corrected chi connectivity index (χ2v) is 10.3. The van der Waals surface area contributed by atoms with Gasteiger partial charge < -0.3 is 0 Å². The molecule has 0 spiro atoms. The molecule has 2 aromatic carbocycles. The van der Waals surface area contributed by atoms with Gasteiger partial charge in [0.25, 0.3) is 0 Å². The lowest BCUT2D eigenvalue weighted by Crippen LogP contribution is -2.28. The molecule has 2 aliphatic carbocycles. The Hall–Kier alpha value is -2.32. The Bertz CT molecular complexity index is 1160. The van der Waals surface area contributed by atoms with Crippen LogP contribution in [-0.2, 0) is 11.8 Å². The van der Waals surface area contributed by atoms with Gasteiger partial charge in [-0.1, -0.05) is 54.6 Å². The summed E-state index contributed by atoms with van der Waals surface area (Å²) in [6.07, 6.45) is 14.4. The van der Waals surface area contributed by atoms with Crippen molar-refractivity contribution >= 4 is 30.1 Å². The topological polar surface area (TPSA) is 3.01 Å². The molecular weight excluding hydrogens is 406 g/mol. The zero-order valence-corrected chi connectivity index (χ0v) is 20.3. The fourth-order valence-electron chi connectivity index (χ4n) is 5.70. The fraction of sp³-hybridized carbons (Fsp3) is 0.367. The number of fused-ring (bicyclic) bond motifs is 3. The van der Waals surface area contributed by atoms with E-state index < -0.39 is 0 Å². The molecule has 0 amide bonds. The van der Waals surface area contributed by atoms with Crippen molar-refractivity contribution in [3.63, 3.8) is 0 Å². The third-order valence-electron chi connectivity index (χ3n) is 7.45. The number of allylic oxidation sites excluding steroid dienone is 5. The summed E-state index contributed by atoms with van der Waals surface area (Å²) in [6.45, 7) is 5.82. The molecule has 0 bridgehead atoms. The van der Waals surface area contributed by atoms with Crippen LogP contribution < -0.4 is 0 Å². The van der Waals surface area contributed by atoms with E-state index in [1.165, 1.54) is 59.3 Å². The normalized spacial score (nSPS) is 19.2. The van der Waals surface area contributed by atoms with Gasteiger partial charge in [0, 0.05) is 24.1 Å². The highest BCUT2D eigenvalue weighted by molar-refractivity contribution is 7.80. The van der Waals surface area contributed by atoms with Crippen LogP contribution >= 0.6 is 12.6 Å². The van der Waals surface area contributed by atoms with Crippen LogP contribution in [0.3, 0.4) is 0 Å². The zero-order valence-electron chi connectivity index (χ0n) is 19.4. The van der Waals surface area contributed by atoms with Crippen molar-refractivity contribution in [2.24, 2.45) is 0 Å². The summed E-state index contributed by atoms with van der Waals surface area (Å²) in [6, 6.07) is 17.8. The maximum atomic E-state index is 4.43. The van der Waals surface area contributed by atoms with Crippen molar-refractivity contribution in [3.8, 4) is 0 Å². The predicted molar refractivity (Wildman–Crippen MR) is 140 cm³/mol. The molecule has 3 aliphatic rings. The molecule has 1 nitrogen and oxygen atoms in total. The Morgan fingerprint density at radius 2 is 1.78 bits per heavy atom. The van der Waals surface area contributed by atoms with E-state index in [4.69, 9.17) is 0 Å². The van der Waals surface area contributed by atoms with Crippen LogP contribution in [-0.4, -0.2) is 22.6 Å². The van der Waals surface area contributed by atoms with E-state index in [1.54, 1.807) is 11.1 Å². The number of unbranched alkanes of at least 4 members (excludes halogenated alkanes) is 1. The highest BCUT2D eigenvalue weighted by Gasteiger charge is 2.43. The Morgan fingerprint density at radius 3 is 2.66 bits per heavy atom. The van der Waals surface area contributed by atoms with Gasteiger partial charge >= 0.3 is 0 Å². The number of rotatable bonds is 6. The molecule has 0 saturated heterocycles. The number of para-hydroxylation sites is 1. The van der Waals surface area contributed by atoms with E-state index in [0.717, 1.165) is 25.1 Å². The quantitative estimate of drug-likeness (QED) is 0.270. The molecule has 1 aliphatic heterocycles. The van der Waals surface area contributed by atoms with Crippen LogP contribution in [0, 0.1) is 0 Å². The van der Waals surface area contributed by atoms with Crippen LogP contribution in [0.25, 0.3) is 6.08 Å². The molecule has 0 aromatic heterocycles. The van der Waals surface area contributed by atoms with Gasteiger partial charge in [-0.05, 0) is 79.6 Å². The number of hydrogen-bond donors (Lipinski definition) is 1. The Labute approximate surface area is 198 Å². The maximum Gasteiger partial charge on any atom is 0.209 e. The first kappa shape index (κ1) is 21.5. The van der Waals surface area contributed by atoms with Crippen molar-refractivity contribution < 1.29 is 4.58 Å². The van der Waals surface area contributed by atoms with Crippen LogP contribution in [0.15, 0.2) is 77.4 Å². The Kier molecular flexibility index (Phi) is 5.99. The molecule has 164 valence electrons. The molecule has 0 radical (unpaired) electrons. The SMILES string of the molecule is CC1(C)C(/C=C/C2=C3Cc4ccccc4C=C3CCC2)=[N+](CCCCS)c2ccccc21. The molecule has 32 heavy (non-hydrogen) atoms. The van der Waals surface area contributed by atoms with Crippen molar-refractivity contribution in [2.75, 3.05) is 12.3 Å². The van der Waals surface area contributed by atoms with Crippen molar-refractivity contribution in [2.45, 2.75) is 57.8 Å². The van der Waals surface area contributed by atoms with Crippen LogP contribution in [0.1, 0.15) is 62.6 Å². The first-order chi connectivity index (χ1) is 15.6. The summed E-state index contributed by atoms with van der Waals surface area (Å²) >= 11 is 4.43. The van der Waals surface area contributed by atoms with Gasteiger partial charge in [-0.25, -0.2) is 0 Å². The standard InChI is InChI=1S/C30H33NS/c1-30(2)27-14-5-6-15-28(27)31(18-7-8-19-32)29(30)17-16-22-12-9-13-25-20-23-10-3-4-11-24(23)21-26(22)25/h3-6,10-11,14-17,20H,7-9,12-13,18-19,21H2,1-2H3/p+1/b17-16+. The highest BCUT2D eigenvalue weighted by atomic mass is 32.1. The van der Waals surface area contributed by atoms with Crippen LogP contribution in [0.2, 0.25) is 0 Å². The predicted octanol–water partition coefficient (Wildman–Crippen LogP) is 7.45. The summed E-state index contributed by atoms with van der Waals surface area (Å²) in [5, 5.41) is 0. The number of nitrogens with zero attached hydrogens (tertiary/aromatic N) is 1. The zero-order chi connectivity index (χ0) is 22.1. The average molecular weight is 441 g/mol. The molecule has 0 saturated carbocycles. The van der Waals surface area contributed by atoms with E-state index in [2.05, 4.69) is 97.8 Å². The van der Waals surface area contributed by atoms with Gasteiger partial charge in [-0.15, -0.1) is 0 Å². The first-order valence-electron chi connectivity index (χ1n) is 12.1. The minimum atomic E-state index is 0.0196. The molecule has 5 rings (SSSR count). The van der Waals surface area contributed by atoms with Crippen molar-refractivity contribution in [1.29, 1.82) is 0 Å². The summed E-state index contributed by atoms with van der Waals surface area (Å²) in [5.41, 5.74) is 11.8. The lowest BCUT2D eigenvalue weighted by atomic mass is 9.78. The third kappa shape index (κ3) is 3.83. The smallest absolute Gasteiger partial charge is 0.195 e. The van der Waals surface area contributed by atoms with E-state index >= 15 is 0 Å². The van der Waals surface area contributed by atoms with Gasteiger partial charge in [-0.3, -0.25) is 0 Å². The fourth-order valence-corrected chi connectivity index (χ4v) is 5.93. The molecule has 1 heterocycles. The van der Waals surface area contributed by atoms with Crippen molar-refractivity contribution in [3.05, 3.63) is 94.1 Å². The van der Waals surface area contributed by atoms with Crippen LogP contribution in [0.5, 0.6) is 0 Å². The average Bonchev–Trinajstić information content (AvgIpc) is 3.03. The molecule has 0 fully saturated rings.